The molecule has 0 aliphatic rings. The fourth-order valence-corrected chi connectivity index (χ4v) is 2.85. The van der Waals surface area contributed by atoms with Crippen LogP contribution in [0.15, 0.2) is 48.8 Å². The van der Waals surface area contributed by atoms with Gasteiger partial charge in [-0.1, -0.05) is 13.0 Å². The van der Waals surface area contributed by atoms with Gasteiger partial charge in [-0.15, -0.1) is 0 Å². The summed E-state index contributed by atoms with van der Waals surface area (Å²) in [4.78, 5) is 28.5. The topological polar surface area (TPSA) is 98.1 Å². The summed E-state index contributed by atoms with van der Waals surface area (Å²) in [5.74, 6) is 0.630. The zero-order valence-corrected chi connectivity index (χ0v) is 15.9. The molecule has 0 spiro atoms. The lowest BCUT2D eigenvalue weighted by Gasteiger charge is -2.12. The molecular formula is C20H21N5O3. The van der Waals surface area contributed by atoms with Crippen molar-refractivity contribution in [2.75, 3.05) is 17.7 Å². The van der Waals surface area contributed by atoms with E-state index < -0.39 is 0 Å². The zero-order valence-electron chi connectivity index (χ0n) is 15.9. The van der Waals surface area contributed by atoms with Gasteiger partial charge in [-0.05, 0) is 36.8 Å². The van der Waals surface area contributed by atoms with Crippen molar-refractivity contribution in [3.05, 3.63) is 60.0 Å². The molecule has 0 aliphatic carbocycles. The summed E-state index contributed by atoms with van der Waals surface area (Å²) in [5, 5.41) is 9.85. The van der Waals surface area contributed by atoms with E-state index in [-0.39, 0.29) is 11.8 Å². The van der Waals surface area contributed by atoms with E-state index >= 15 is 0 Å². The molecule has 2 aromatic heterocycles. The number of rotatable bonds is 6. The highest BCUT2D eigenvalue weighted by molar-refractivity contribution is 6.05. The lowest BCUT2D eigenvalue weighted by Crippen LogP contribution is -2.15. The molecule has 1 aromatic carbocycles. The Hall–Kier alpha value is -3.68. The summed E-state index contributed by atoms with van der Waals surface area (Å²) in [5.41, 5.74) is 2.23. The van der Waals surface area contributed by atoms with Crippen molar-refractivity contribution in [3.63, 3.8) is 0 Å². The maximum atomic E-state index is 12.8. The molecular weight excluding hydrogens is 358 g/mol. The second kappa shape index (κ2) is 8.34. The molecule has 3 rings (SSSR count). The van der Waals surface area contributed by atoms with Gasteiger partial charge in [0.25, 0.3) is 5.91 Å². The summed E-state index contributed by atoms with van der Waals surface area (Å²) in [6.07, 6.45) is 3.82. The summed E-state index contributed by atoms with van der Waals surface area (Å²) in [7, 11) is 1.51. The number of pyridine rings is 1. The molecule has 0 fully saturated rings. The summed E-state index contributed by atoms with van der Waals surface area (Å²) in [6.45, 7) is 3.36. The lowest BCUT2D eigenvalue weighted by molar-refractivity contribution is -0.114. The number of hydrogen-bond acceptors (Lipinski definition) is 5. The number of hydrogen-bond donors (Lipinski definition) is 2. The van der Waals surface area contributed by atoms with Gasteiger partial charge < -0.3 is 15.4 Å². The third-order valence-corrected chi connectivity index (χ3v) is 4.08. The molecule has 2 amide bonds. The van der Waals surface area contributed by atoms with Crippen molar-refractivity contribution in [2.45, 2.75) is 20.3 Å². The average molecular weight is 379 g/mol. The van der Waals surface area contributed by atoms with Crippen LogP contribution >= 0.6 is 0 Å². The van der Waals surface area contributed by atoms with Crippen LogP contribution in [0.1, 0.15) is 29.9 Å². The third-order valence-electron chi connectivity index (χ3n) is 4.08. The number of aromatic nitrogens is 3. The number of anilines is 2. The molecule has 2 N–H and O–H groups in total. The van der Waals surface area contributed by atoms with Gasteiger partial charge >= 0.3 is 0 Å². The van der Waals surface area contributed by atoms with E-state index in [1.807, 2.05) is 25.1 Å². The molecule has 3 aromatic rings. The lowest BCUT2D eigenvalue weighted by atomic mass is 10.2. The van der Waals surface area contributed by atoms with Gasteiger partial charge in [0.15, 0.2) is 5.82 Å². The van der Waals surface area contributed by atoms with Crippen molar-refractivity contribution in [3.8, 4) is 11.6 Å². The van der Waals surface area contributed by atoms with Gasteiger partial charge in [-0.25, -0.2) is 9.67 Å². The Morgan fingerprint density at radius 1 is 1.18 bits per heavy atom. The van der Waals surface area contributed by atoms with Gasteiger partial charge in [0.2, 0.25) is 5.91 Å². The number of amides is 2. The van der Waals surface area contributed by atoms with E-state index in [9.17, 15) is 9.59 Å². The summed E-state index contributed by atoms with van der Waals surface area (Å²) < 4.78 is 6.89. The monoisotopic (exact) mass is 379 g/mol. The Balaban J connectivity index is 1.88. The van der Waals surface area contributed by atoms with E-state index in [0.717, 1.165) is 5.69 Å². The van der Waals surface area contributed by atoms with Crippen LogP contribution in [-0.4, -0.2) is 33.7 Å². The first-order valence-corrected chi connectivity index (χ1v) is 8.78. The standard InChI is InChI=1S/C20H21N5O3/c1-4-17-15(12-22-25(17)19-7-5-6-10-21-19)20(27)24-14-8-9-18(28-3)16(11-14)23-13(2)26/h5-12H,4H2,1-3H3,(H,23,26)(H,24,27). The molecule has 0 radical (unpaired) electrons. The van der Waals surface area contributed by atoms with Crippen molar-refractivity contribution in [1.82, 2.24) is 14.8 Å². The highest BCUT2D eigenvalue weighted by atomic mass is 16.5. The molecule has 0 saturated carbocycles. The molecule has 2 heterocycles. The van der Waals surface area contributed by atoms with Crippen LogP contribution < -0.4 is 15.4 Å². The minimum absolute atomic E-state index is 0.230. The highest BCUT2D eigenvalue weighted by Gasteiger charge is 2.18. The first kappa shape index (κ1) is 19.1. The van der Waals surface area contributed by atoms with Gasteiger partial charge in [0.05, 0.1) is 30.3 Å². The van der Waals surface area contributed by atoms with Crippen LogP contribution in [0.2, 0.25) is 0 Å². The van der Waals surface area contributed by atoms with Crippen LogP contribution in [-0.2, 0) is 11.2 Å². The van der Waals surface area contributed by atoms with Gasteiger partial charge in [-0.3, -0.25) is 9.59 Å². The molecule has 8 heteroatoms. The van der Waals surface area contributed by atoms with Gasteiger partial charge in [0, 0.05) is 18.8 Å². The molecule has 0 atom stereocenters. The first-order valence-electron chi connectivity index (χ1n) is 8.78. The quantitative estimate of drug-likeness (QED) is 0.686. The number of nitrogens with zero attached hydrogens (tertiary/aromatic N) is 3. The Bertz CT molecular complexity index is 998. The van der Waals surface area contributed by atoms with Gasteiger partial charge in [-0.2, -0.15) is 5.10 Å². The number of nitrogens with one attached hydrogen (secondary N) is 2. The zero-order chi connectivity index (χ0) is 20.1. The number of benzene rings is 1. The SMILES string of the molecule is CCc1c(C(=O)Nc2ccc(OC)c(NC(C)=O)c2)cnn1-c1ccccn1. The van der Waals surface area contributed by atoms with E-state index in [0.29, 0.717) is 34.9 Å². The van der Waals surface area contributed by atoms with Gasteiger partial charge in [0.1, 0.15) is 5.75 Å². The van der Waals surface area contributed by atoms with E-state index in [1.165, 1.54) is 20.2 Å². The fourth-order valence-electron chi connectivity index (χ4n) is 2.85. The van der Waals surface area contributed by atoms with Crippen LogP contribution in [0.4, 0.5) is 11.4 Å². The van der Waals surface area contributed by atoms with Crippen molar-refractivity contribution in [1.29, 1.82) is 0 Å². The smallest absolute Gasteiger partial charge is 0.259 e. The van der Waals surface area contributed by atoms with E-state index in [1.54, 1.807) is 29.1 Å². The maximum absolute atomic E-state index is 12.8. The summed E-state index contributed by atoms with van der Waals surface area (Å²) >= 11 is 0. The Kier molecular flexibility index (Phi) is 5.69. The molecule has 0 saturated heterocycles. The molecule has 0 unspecified atom stereocenters. The Morgan fingerprint density at radius 3 is 2.64 bits per heavy atom. The van der Waals surface area contributed by atoms with Crippen LogP contribution in [0.5, 0.6) is 5.75 Å². The number of carbonyl (C=O) groups is 2. The second-order valence-corrected chi connectivity index (χ2v) is 6.01. The van der Waals surface area contributed by atoms with E-state index in [2.05, 4.69) is 20.7 Å². The van der Waals surface area contributed by atoms with Crippen molar-refractivity contribution >= 4 is 23.2 Å². The molecule has 144 valence electrons. The molecule has 0 aliphatic heterocycles. The average Bonchev–Trinajstić information content (AvgIpc) is 3.12. The van der Waals surface area contributed by atoms with Crippen molar-refractivity contribution < 1.29 is 14.3 Å². The van der Waals surface area contributed by atoms with Crippen LogP contribution in [0.3, 0.4) is 0 Å². The highest BCUT2D eigenvalue weighted by Crippen LogP contribution is 2.28. The number of carbonyl (C=O) groups excluding carboxylic acids is 2. The van der Waals surface area contributed by atoms with Crippen LogP contribution in [0, 0.1) is 0 Å². The van der Waals surface area contributed by atoms with Crippen LogP contribution in [0.25, 0.3) is 5.82 Å². The minimum atomic E-state index is -0.294. The first-order chi connectivity index (χ1) is 13.5. The maximum Gasteiger partial charge on any atom is 0.259 e. The minimum Gasteiger partial charge on any atom is -0.495 e. The fraction of sp³-hybridized carbons (Fsp3) is 0.200. The molecule has 28 heavy (non-hydrogen) atoms. The second-order valence-electron chi connectivity index (χ2n) is 6.01. The predicted molar refractivity (Wildman–Crippen MR) is 106 cm³/mol. The Labute approximate surface area is 162 Å². The molecule has 0 bridgehead atoms. The number of methoxy groups -OCH3 is 1. The number of ether oxygens (including phenoxy) is 1. The largest absolute Gasteiger partial charge is 0.495 e. The van der Waals surface area contributed by atoms with E-state index in [4.69, 9.17) is 4.74 Å². The Morgan fingerprint density at radius 2 is 2.00 bits per heavy atom. The molecule has 8 nitrogen and oxygen atoms in total. The van der Waals surface area contributed by atoms with Crippen molar-refractivity contribution in [2.24, 2.45) is 0 Å². The normalized spacial score (nSPS) is 10.4. The summed E-state index contributed by atoms with van der Waals surface area (Å²) in [6, 6.07) is 10.5. The predicted octanol–water partition coefficient (Wildman–Crippen LogP) is 3.05. The third kappa shape index (κ3) is 4.01.